The topological polar surface area (TPSA) is 72.2 Å². The van der Waals surface area contributed by atoms with Crippen LogP contribution in [-0.2, 0) is 27.8 Å². The van der Waals surface area contributed by atoms with E-state index in [2.05, 4.69) is 22.4 Å². The summed E-state index contributed by atoms with van der Waals surface area (Å²) in [7, 11) is -1.38. The second-order valence-corrected chi connectivity index (χ2v) is 9.36. The Morgan fingerprint density at radius 2 is 2.00 bits per heavy atom. The van der Waals surface area contributed by atoms with Crippen LogP contribution in [0.3, 0.4) is 0 Å². The average molecular weight is 443 g/mol. The van der Waals surface area contributed by atoms with Gasteiger partial charge in [-0.3, -0.25) is 9.00 Å². The molecule has 2 aromatic carbocycles. The molecule has 4 rings (SSSR count). The number of hydrogen-bond donors (Lipinski definition) is 1. The summed E-state index contributed by atoms with van der Waals surface area (Å²) < 4.78 is 18.3. The van der Waals surface area contributed by atoms with Gasteiger partial charge in [0.05, 0.1) is 17.5 Å². The van der Waals surface area contributed by atoms with Gasteiger partial charge in [0.15, 0.2) is 0 Å². The van der Waals surface area contributed by atoms with Gasteiger partial charge < -0.3 is 9.73 Å². The maximum absolute atomic E-state index is 12.6. The smallest absolute Gasteiger partial charge is 0.233 e. The van der Waals surface area contributed by atoms with Crippen LogP contribution in [0.25, 0.3) is 11.5 Å². The fraction of sp³-hybridized carbons (Fsp3) is 0.304. The molecule has 0 saturated heterocycles. The largest absolute Gasteiger partial charge is 0.441 e. The summed E-state index contributed by atoms with van der Waals surface area (Å²) in [6, 6.07) is 15.4. The van der Waals surface area contributed by atoms with Crippen molar-refractivity contribution in [1.82, 2.24) is 10.3 Å². The zero-order valence-corrected chi connectivity index (χ0v) is 18.3. The van der Waals surface area contributed by atoms with Gasteiger partial charge in [0.25, 0.3) is 0 Å². The second kappa shape index (κ2) is 9.14. The summed E-state index contributed by atoms with van der Waals surface area (Å²) in [5.74, 6) is 0.988. The van der Waals surface area contributed by atoms with Crippen molar-refractivity contribution >= 4 is 28.3 Å². The number of benzene rings is 2. The lowest BCUT2D eigenvalue weighted by Gasteiger charge is -2.26. The van der Waals surface area contributed by atoms with Crippen molar-refractivity contribution in [2.75, 3.05) is 5.75 Å². The summed E-state index contributed by atoms with van der Waals surface area (Å²) in [6.45, 7) is 1.79. The number of carbonyl (C=O) groups is 1. The molecule has 1 N–H and O–H groups in total. The summed E-state index contributed by atoms with van der Waals surface area (Å²) in [4.78, 5) is 17.0. The first-order valence-electron chi connectivity index (χ1n) is 9.94. The van der Waals surface area contributed by atoms with Crippen LogP contribution in [-0.4, -0.2) is 20.9 Å². The Bertz CT molecular complexity index is 1080. The third-order valence-corrected chi connectivity index (χ3v) is 6.71. The molecule has 156 valence electrons. The molecule has 30 heavy (non-hydrogen) atoms. The van der Waals surface area contributed by atoms with Gasteiger partial charge in [-0.05, 0) is 61.6 Å². The van der Waals surface area contributed by atoms with E-state index >= 15 is 0 Å². The van der Waals surface area contributed by atoms with Crippen molar-refractivity contribution in [3.8, 4) is 11.5 Å². The molecule has 1 heterocycles. The van der Waals surface area contributed by atoms with Crippen LogP contribution in [0.15, 0.2) is 52.9 Å². The molecule has 1 aliphatic carbocycles. The molecule has 5 nitrogen and oxygen atoms in total. The molecule has 0 unspecified atom stereocenters. The van der Waals surface area contributed by atoms with Crippen LogP contribution in [0.2, 0.25) is 5.02 Å². The second-order valence-electron chi connectivity index (χ2n) is 7.47. The highest BCUT2D eigenvalue weighted by Gasteiger charge is 2.22. The normalized spacial score (nSPS) is 16.7. The number of aromatic nitrogens is 1. The van der Waals surface area contributed by atoms with E-state index in [4.69, 9.17) is 16.0 Å². The minimum Gasteiger partial charge on any atom is -0.441 e. The van der Waals surface area contributed by atoms with Gasteiger partial charge >= 0.3 is 0 Å². The lowest BCUT2D eigenvalue weighted by molar-refractivity contribution is -0.119. The molecule has 0 radical (unpaired) electrons. The minimum atomic E-state index is -1.38. The van der Waals surface area contributed by atoms with E-state index in [1.165, 1.54) is 11.1 Å². The van der Waals surface area contributed by atoms with E-state index in [-0.39, 0.29) is 23.5 Å². The summed E-state index contributed by atoms with van der Waals surface area (Å²) >= 11 is 5.92. The molecule has 2 atom stereocenters. The van der Waals surface area contributed by atoms with Gasteiger partial charge in [-0.1, -0.05) is 35.9 Å². The summed E-state index contributed by atoms with van der Waals surface area (Å²) in [6.07, 6.45) is 2.98. The molecule has 0 bridgehead atoms. The van der Waals surface area contributed by atoms with Gasteiger partial charge in [-0.15, -0.1) is 0 Å². The van der Waals surface area contributed by atoms with Crippen molar-refractivity contribution in [1.29, 1.82) is 0 Å². The Balaban J connectivity index is 1.37. The first-order valence-corrected chi connectivity index (χ1v) is 11.8. The van der Waals surface area contributed by atoms with Gasteiger partial charge in [0, 0.05) is 21.4 Å². The molecule has 1 aromatic heterocycles. The van der Waals surface area contributed by atoms with Gasteiger partial charge in [-0.25, -0.2) is 4.98 Å². The molecule has 0 aliphatic heterocycles. The van der Waals surface area contributed by atoms with E-state index < -0.39 is 10.8 Å². The minimum absolute atomic E-state index is 0.00950. The fourth-order valence-corrected chi connectivity index (χ4v) is 4.94. The standard InChI is InChI=1S/C23H23ClN2O3S/c1-15-21(26-23(29-15)17-9-11-18(24)12-10-17)13-30(28)14-22(27)25-20-8-4-6-16-5-2-3-7-19(16)20/h2-3,5,7,9-12,20H,4,6,8,13-14H2,1H3,(H,25,27)/t20-,30-/m1/s1. The van der Waals surface area contributed by atoms with Crippen LogP contribution >= 0.6 is 11.6 Å². The number of rotatable bonds is 6. The number of amides is 1. The van der Waals surface area contributed by atoms with Crippen LogP contribution in [0, 0.1) is 6.92 Å². The van der Waals surface area contributed by atoms with Crippen molar-refractivity contribution < 1.29 is 13.4 Å². The molecule has 1 aliphatic rings. The highest BCUT2D eigenvalue weighted by molar-refractivity contribution is 7.84. The molecule has 0 spiro atoms. The number of fused-ring (bicyclic) bond motifs is 1. The molecule has 0 fully saturated rings. The first-order chi connectivity index (χ1) is 14.5. The molecule has 1 amide bonds. The van der Waals surface area contributed by atoms with Crippen molar-refractivity contribution in [2.24, 2.45) is 0 Å². The van der Waals surface area contributed by atoms with Crippen molar-refractivity contribution in [3.05, 3.63) is 76.1 Å². The van der Waals surface area contributed by atoms with Gasteiger partial charge in [0.1, 0.15) is 11.5 Å². The molecular weight excluding hydrogens is 420 g/mol. The predicted octanol–water partition coefficient (Wildman–Crippen LogP) is 4.75. The lowest BCUT2D eigenvalue weighted by atomic mass is 9.88. The third kappa shape index (κ3) is 4.82. The zero-order valence-electron chi connectivity index (χ0n) is 16.7. The molecule has 7 heteroatoms. The Labute approximate surface area is 183 Å². The van der Waals surface area contributed by atoms with E-state index in [1.54, 1.807) is 19.1 Å². The Kier molecular flexibility index (Phi) is 6.35. The highest BCUT2D eigenvalue weighted by atomic mass is 35.5. The Morgan fingerprint density at radius 1 is 1.23 bits per heavy atom. The number of nitrogens with one attached hydrogen (secondary N) is 1. The fourth-order valence-electron chi connectivity index (χ4n) is 3.77. The maximum Gasteiger partial charge on any atom is 0.233 e. The third-order valence-electron chi connectivity index (χ3n) is 5.28. The van der Waals surface area contributed by atoms with Crippen LogP contribution in [0.1, 0.15) is 41.5 Å². The van der Waals surface area contributed by atoms with E-state index in [9.17, 15) is 9.00 Å². The van der Waals surface area contributed by atoms with E-state index in [0.29, 0.717) is 22.4 Å². The Hall–Kier alpha value is -2.44. The quantitative estimate of drug-likeness (QED) is 0.598. The summed E-state index contributed by atoms with van der Waals surface area (Å²) in [5.41, 5.74) is 3.85. The zero-order chi connectivity index (χ0) is 21.1. The van der Waals surface area contributed by atoms with Crippen molar-refractivity contribution in [3.63, 3.8) is 0 Å². The van der Waals surface area contributed by atoms with Gasteiger partial charge in [0.2, 0.25) is 11.8 Å². The van der Waals surface area contributed by atoms with Crippen LogP contribution < -0.4 is 5.32 Å². The highest BCUT2D eigenvalue weighted by Crippen LogP contribution is 2.29. The number of hydrogen-bond acceptors (Lipinski definition) is 4. The number of carbonyl (C=O) groups excluding carboxylic acids is 1. The molecule has 0 saturated carbocycles. The molecule has 3 aromatic rings. The van der Waals surface area contributed by atoms with Crippen LogP contribution in [0.5, 0.6) is 0 Å². The number of halogens is 1. The lowest BCUT2D eigenvalue weighted by Crippen LogP contribution is -2.34. The SMILES string of the molecule is Cc1oc(-c2ccc(Cl)cc2)nc1C[S@@](=O)CC(=O)N[C@@H]1CCCc2ccccc21. The predicted molar refractivity (Wildman–Crippen MR) is 119 cm³/mol. The van der Waals surface area contributed by atoms with Gasteiger partial charge in [-0.2, -0.15) is 0 Å². The Morgan fingerprint density at radius 3 is 2.80 bits per heavy atom. The van der Waals surface area contributed by atoms with E-state index in [1.807, 2.05) is 24.3 Å². The first kappa shape index (κ1) is 20.8. The number of nitrogens with zero attached hydrogens (tertiary/aromatic N) is 1. The summed E-state index contributed by atoms with van der Waals surface area (Å²) in [5, 5.41) is 3.69. The van der Waals surface area contributed by atoms with Crippen molar-refractivity contribution in [2.45, 2.75) is 38.0 Å². The molecular formula is C23H23ClN2O3S. The monoisotopic (exact) mass is 442 g/mol. The average Bonchev–Trinajstić information content (AvgIpc) is 3.09. The van der Waals surface area contributed by atoms with Crippen LogP contribution in [0.4, 0.5) is 0 Å². The number of oxazole rings is 1. The van der Waals surface area contributed by atoms with E-state index in [0.717, 1.165) is 24.8 Å². The number of aryl methyl sites for hydroxylation is 2. The maximum atomic E-state index is 12.6.